The van der Waals surface area contributed by atoms with E-state index in [1.54, 1.807) is 36.3 Å². The molecule has 146 valence electrons. The van der Waals surface area contributed by atoms with Gasteiger partial charge in [0.05, 0.1) is 24.2 Å². The van der Waals surface area contributed by atoms with Crippen molar-refractivity contribution in [2.24, 2.45) is 0 Å². The topological polar surface area (TPSA) is 94.6 Å². The molecule has 0 aromatic carbocycles. The van der Waals surface area contributed by atoms with Crippen molar-refractivity contribution in [2.45, 2.75) is 25.3 Å². The molecule has 4 heterocycles. The number of amides is 1. The first-order chi connectivity index (χ1) is 14.2. The van der Waals surface area contributed by atoms with Gasteiger partial charge in [-0.25, -0.2) is 14.5 Å². The second-order valence-corrected chi connectivity index (χ2v) is 6.95. The molecule has 1 unspecified atom stereocenters. The first-order valence-corrected chi connectivity index (χ1v) is 9.45. The fourth-order valence-corrected chi connectivity index (χ4v) is 3.65. The van der Waals surface area contributed by atoms with Crippen molar-refractivity contribution >= 4 is 11.4 Å². The van der Waals surface area contributed by atoms with Gasteiger partial charge in [-0.05, 0) is 37.1 Å². The molecule has 8 heteroatoms. The van der Waals surface area contributed by atoms with Crippen LogP contribution in [-0.4, -0.2) is 32.6 Å². The van der Waals surface area contributed by atoms with Crippen LogP contribution < -0.4 is 10.1 Å². The smallest absolute Gasteiger partial charge is 0.253 e. The normalized spacial score (nSPS) is 15.8. The molecule has 4 aromatic heterocycles. The van der Waals surface area contributed by atoms with Crippen LogP contribution in [0.4, 0.5) is 0 Å². The van der Waals surface area contributed by atoms with Crippen molar-refractivity contribution in [1.29, 1.82) is 0 Å². The molecule has 29 heavy (non-hydrogen) atoms. The van der Waals surface area contributed by atoms with Crippen LogP contribution in [0.2, 0.25) is 0 Å². The van der Waals surface area contributed by atoms with Crippen molar-refractivity contribution in [3.8, 4) is 17.3 Å². The van der Waals surface area contributed by atoms with Gasteiger partial charge in [0.25, 0.3) is 5.91 Å². The van der Waals surface area contributed by atoms with Gasteiger partial charge in [0, 0.05) is 36.6 Å². The standard InChI is InChI=1S/C21H19N5O3/c1-28-18-11-13(7-9-22-18)21-25-19-16(5-2-6-17(19)29-21)24-20(27)14-10-15-4-3-8-23-26(15)12-14/h3-4,7-12,16H,2,5-6H2,1H3,(H,24,27). The van der Waals surface area contributed by atoms with Crippen molar-refractivity contribution in [2.75, 3.05) is 7.11 Å². The predicted molar refractivity (Wildman–Crippen MR) is 105 cm³/mol. The summed E-state index contributed by atoms with van der Waals surface area (Å²) >= 11 is 0. The Bertz CT molecular complexity index is 1160. The number of methoxy groups -OCH3 is 1. The van der Waals surface area contributed by atoms with Crippen LogP contribution in [-0.2, 0) is 6.42 Å². The van der Waals surface area contributed by atoms with Crippen LogP contribution in [0.3, 0.4) is 0 Å². The van der Waals surface area contributed by atoms with Crippen LogP contribution in [0.1, 0.15) is 40.7 Å². The molecule has 0 bridgehead atoms. The minimum absolute atomic E-state index is 0.150. The summed E-state index contributed by atoms with van der Waals surface area (Å²) in [5, 5.41) is 7.31. The van der Waals surface area contributed by atoms with E-state index >= 15 is 0 Å². The zero-order chi connectivity index (χ0) is 19.8. The van der Waals surface area contributed by atoms with Gasteiger partial charge in [0.15, 0.2) is 0 Å². The summed E-state index contributed by atoms with van der Waals surface area (Å²) in [5.74, 6) is 1.67. The molecule has 0 fully saturated rings. The maximum Gasteiger partial charge on any atom is 0.253 e. The lowest BCUT2D eigenvalue weighted by Crippen LogP contribution is -2.30. The van der Waals surface area contributed by atoms with E-state index in [0.29, 0.717) is 17.3 Å². The molecule has 1 amide bonds. The summed E-state index contributed by atoms with van der Waals surface area (Å²) in [6.07, 6.45) is 7.61. The van der Waals surface area contributed by atoms with Gasteiger partial charge < -0.3 is 14.5 Å². The van der Waals surface area contributed by atoms with Gasteiger partial charge in [-0.3, -0.25) is 4.79 Å². The molecular formula is C21H19N5O3. The van der Waals surface area contributed by atoms with Gasteiger partial charge >= 0.3 is 0 Å². The van der Waals surface area contributed by atoms with Gasteiger partial charge in [-0.1, -0.05) is 0 Å². The Morgan fingerprint density at radius 2 is 2.24 bits per heavy atom. The zero-order valence-corrected chi connectivity index (χ0v) is 15.8. The Morgan fingerprint density at radius 1 is 1.31 bits per heavy atom. The lowest BCUT2D eigenvalue weighted by molar-refractivity contribution is 0.0931. The molecule has 0 spiro atoms. The number of carbonyl (C=O) groups is 1. The summed E-state index contributed by atoms with van der Waals surface area (Å²) in [6.45, 7) is 0. The quantitative estimate of drug-likeness (QED) is 0.576. The fraction of sp³-hybridized carbons (Fsp3) is 0.238. The second kappa shape index (κ2) is 7.05. The van der Waals surface area contributed by atoms with E-state index in [4.69, 9.17) is 9.15 Å². The number of fused-ring (bicyclic) bond motifs is 2. The number of nitrogens with one attached hydrogen (secondary N) is 1. The van der Waals surface area contributed by atoms with E-state index < -0.39 is 0 Å². The lowest BCUT2D eigenvalue weighted by atomic mass is 9.96. The number of ether oxygens (including phenoxy) is 1. The van der Waals surface area contributed by atoms with E-state index in [9.17, 15) is 4.79 Å². The van der Waals surface area contributed by atoms with Crippen LogP contribution in [0.25, 0.3) is 17.0 Å². The van der Waals surface area contributed by atoms with E-state index in [-0.39, 0.29) is 11.9 Å². The minimum Gasteiger partial charge on any atom is -0.481 e. The maximum absolute atomic E-state index is 12.8. The van der Waals surface area contributed by atoms with E-state index in [2.05, 4.69) is 20.4 Å². The zero-order valence-electron chi connectivity index (χ0n) is 15.8. The number of carbonyl (C=O) groups excluding carboxylic acids is 1. The maximum atomic E-state index is 12.8. The van der Waals surface area contributed by atoms with Gasteiger partial charge in [-0.2, -0.15) is 5.10 Å². The third-order valence-corrected chi connectivity index (χ3v) is 5.09. The lowest BCUT2D eigenvalue weighted by Gasteiger charge is -2.21. The van der Waals surface area contributed by atoms with Gasteiger partial charge in [0.1, 0.15) is 11.5 Å². The fourth-order valence-electron chi connectivity index (χ4n) is 3.65. The average molecular weight is 389 g/mol. The molecule has 0 saturated carbocycles. The minimum atomic E-state index is -0.191. The molecule has 0 saturated heterocycles. The Morgan fingerprint density at radius 3 is 3.10 bits per heavy atom. The van der Waals surface area contributed by atoms with Crippen LogP contribution in [0.15, 0.2) is 53.3 Å². The first kappa shape index (κ1) is 17.4. The Balaban J connectivity index is 1.41. The molecular weight excluding hydrogens is 370 g/mol. The van der Waals surface area contributed by atoms with Crippen molar-refractivity contribution in [1.82, 2.24) is 24.9 Å². The highest BCUT2D eigenvalue weighted by Crippen LogP contribution is 2.33. The molecule has 1 aliphatic carbocycles. The molecule has 1 atom stereocenters. The predicted octanol–water partition coefficient (Wildman–Crippen LogP) is 3.20. The van der Waals surface area contributed by atoms with Crippen LogP contribution in [0, 0.1) is 0 Å². The van der Waals surface area contributed by atoms with E-state index in [1.807, 2.05) is 24.3 Å². The Labute approximate surface area is 166 Å². The Kier molecular flexibility index (Phi) is 4.23. The average Bonchev–Trinajstić information content (AvgIpc) is 3.39. The molecule has 1 aliphatic rings. The van der Waals surface area contributed by atoms with Crippen LogP contribution in [0.5, 0.6) is 5.88 Å². The third-order valence-electron chi connectivity index (χ3n) is 5.09. The summed E-state index contributed by atoms with van der Waals surface area (Å²) in [4.78, 5) is 21.6. The SMILES string of the molecule is COc1cc(-c2nc3c(o2)CCCC3NC(=O)c2cc3cccnn3c2)ccn1. The summed E-state index contributed by atoms with van der Waals surface area (Å²) in [5.41, 5.74) is 3.02. The number of pyridine rings is 1. The number of hydrogen-bond acceptors (Lipinski definition) is 6. The molecule has 1 N–H and O–H groups in total. The van der Waals surface area contributed by atoms with Crippen LogP contribution >= 0.6 is 0 Å². The number of hydrogen-bond donors (Lipinski definition) is 1. The number of oxazole rings is 1. The molecule has 4 aromatic rings. The molecule has 0 aliphatic heterocycles. The number of nitrogens with zero attached hydrogens (tertiary/aromatic N) is 4. The van der Waals surface area contributed by atoms with Crippen molar-refractivity contribution in [3.63, 3.8) is 0 Å². The number of aromatic nitrogens is 4. The van der Waals surface area contributed by atoms with Crippen molar-refractivity contribution in [3.05, 3.63) is 65.9 Å². The number of aryl methyl sites for hydroxylation is 1. The second-order valence-electron chi connectivity index (χ2n) is 6.95. The van der Waals surface area contributed by atoms with Gasteiger partial charge in [0.2, 0.25) is 11.8 Å². The molecule has 8 nitrogen and oxygen atoms in total. The highest BCUT2D eigenvalue weighted by Gasteiger charge is 2.28. The Hall–Kier alpha value is -3.68. The number of rotatable bonds is 4. The van der Waals surface area contributed by atoms with Gasteiger partial charge in [-0.15, -0.1) is 0 Å². The highest BCUT2D eigenvalue weighted by molar-refractivity contribution is 5.95. The molecule has 5 rings (SSSR count). The highest BCUT2D eigenvalue weighted by atomic mass is 16.5. The monoisotopic (exact) mass is 389 g/mol. The van der Waals surface area contributed by atoms with E-state index in [0.717, 1.165) is 41.8 Å². The van der Waals surface area contributed by atoms with E-state index in [1.165, 1.54) is 0 Å². The summed E-state index contributed by atoms with van der Waals surface area (Å²) in [7, 11) is 1.57. The third kappa shape index (κ3) is 3.22. The molecule has 0 radical (unpaired) electrons. The summed E-state index contributed by atoms with van der Waals surface area (Å²) in [6, 6.07) is 9.00. The summed E-state index contributed by atoms with van der Waals surface area (Å²) < 4.78 is 12.9. The van der Waals surface area contributed by atoms with Crippen molar-refractivity contribution < 1.29 is 13.9 Å². The first-order valence-electron chi connectivity index (χ1n) is 9.45. The largest absolute Gasteiger partial charge is 0.481 e.